The van der Waals surface area contributed by atoms with Gasteiger partial charge in [-0.25, -0.2) is 0 Å². The third kappa shape index (κ3) is 9.19. The van der Waals surface area contributed by atoms with Crippen LogP contribution in [0.1, 0.15) is 100 Å². The molecular formula is C30H46N2O3. The van der Waals surface area contributed by atoms with Crippen molar-refractivity contribution < 1.29 is 14.3 Å². The Kier molecular flexibility index (Phi) is 12.1. The van der Waals surface area contributed by atoms with Gasteiger partial charge in [0.1, 0.15) is 0 Å². The van der Waals surface area contributed by atoms with Crippen LogP contribution in [0.3, 0.4) is 0 Å². The first-order valence-electron chi connectivity index (χ1n) is 13.5. The molecule has 0 aliphatic carbocycles. The number of aryl methyl sites for hydroxylation is 1. The second-order valence-electron chi connectivity index (χ2n) is 10.1. The van der Waals surface area contributed by atoms with Gasteiger partial charge in [0.25, 0.3) is 0 Å². The van der Waals surface area contributed by atoms with Crippen LogP contribution in [-0.4, -0.2) is 29.5 Å². The lowest BCUT2D eigenvalue weighted by Gasteiger charge is -2.13. The van der Waals surface area contributed by atoms with Gasteiger partial charge < -0.3 is 14.6 Å². The number of aromatic nitrogens is 1. The van der Waals surface area contributed by atoms with Crippen LogP contribution in [0.2, 0.25) is 0 Å². The molecule has 0 spiro atoms. The zero-order chi connectivity index (χ0) is 25.8. The minimum Gasteiger partial charge on any atom is -0.466 e. The number of ketones is 1. The van der Waals surface area contributed by atoms with Gasteiger partial charge in [0.05, 0.1) is 6.61 Å². The molecule has 1 unspecified atom stereocenters. The first-order chi connectivity index (χ1) is 16.8. The fourth-order valence-corrected chi connectivity index (χ4v) is 4.59. The molecule has 0 radical (unpaired) electrons. The maximum Gasteiger partial charge on any atom is 0.305 e. The van der Waals surface area contributed by atoms with Crippen molar-refractivity contribution in [3.05, 3.63) is 52.8 Å². The number of nitrogens with one attached hydrogen (secondary N) is 1. The minimum absolute atomic E-state index is 0.0550. The van der Waals surface area contributed by atoms with E-state index in [9.17, 15) is 9.59 Å². The van der Waals surface area contributed by atoms with Crippen LogP contribution in [0.5, 0.6) is 0 Å². The molecule has 1 heterocycles. The Hall–Kier alpha value is -2.56. The molecule has 0 saturated heterocycles. The minimum atomic E-state index is -0.164. The average molecular weight is 483 g/mol. The molecule has 0 amide bonds. The summed E-state index contributed by atoms with van der Waals surface area (Å²) in [5, 5.41) is 3.50. The quantitative estimate of drug-likeness (QED) is 0.207. The third-order valence-electron chi connectivity index (χ3n) is 6.75. The van der Waals surface area contributed by atoms with Crippen LogP contribution in [0.4, 0.5) is 5.69 Å². The smallest absolute Gasteiger partial charge is 0.305 e. The Balaban J connectivity index is 1.93. The molecule has 1 aromatic carbocycles. The maximum atomic E-state index is 13.3. The monoisotopic (exact) mass is 482 g/mol. The summed E-state index contributed by atoms with van der Waals surface area (Å²) in [6.45, 7) is 12.2. The molecule has 1 aromatic heterocycles. The van der Waals surface area contributed by atoms with Crippen molar-refractivity contribution in [3.63, 3.8) is 0 Å². The van der Waals surface area contributed by atoms with Gasteiger partial charge in [0, 0.05) is 48.2 Å². The Morgan fingerprint density at radius 3 is 2.34 bits per heavy atom. The van der Waals surface area contributed by atoms with Gasteiger partial charge >= 0.3 is 5.97 Å². The number of anilines is 1. The number of esters is 1. The Morgan fingerprint density at radius 1 is 1.00 bits per heavy atom. The van der Waals surface area contributed by atoms with E-state index >= 15 is 0 Å². The van der Waals surface area contributed by atoms with E-state index in [2.05, 4.69) is 37.6 Å². The fraction of sp³-hybridized carbons (Fsp3) is 0.600. The lowest BCUT2D eigenvalue weighted by atomic mass is 9.97. The summed E-state index contributed by atoms with van der Waals surface area (Å²) < 4.78 is 7.13. The Morgan fingerprint density at radius 2 is 1.71 bits per heavy atom. The van der Waals surface area contributed by atoms with Crippen molar-refractivity contribution in [2.24, 2.45) is 18.9 Å². The molecule has 5 nitrogen and oxygen atoms in total. The molecule has 5 heteroatoms. The number of carbonyl (C=O) groups is 2. The fourth-order valence-electron chi connectivity index (χ4n) is 4.59. The molecule has 2 rings (SSSR count). The van der Waals surface area contributed by atoms with Crippen molar-refractivity contribution in [1.29, 1.82) is 0 Å². The number of hydrogen-bond donors (Lipinski definition) is 1. The summed E-state index contributed by atoms with van der Waals surface area (Å²) in [4.78, 5) is 25.0. The largest absolute Gasteiger partial charge is 0.466 e. The lowest BCUT2D eigenvalue weighted by molar-refractivity contribution is -0.143. The molecule has 2 aromatic rings. The number of nitrogens with zero attached hydrogens (tertiary/aromatic N) is 1. The van der Waals surface area contributed by atoms with Crippen LogP contribution in [0, 0.1) is 11.8 Å². The van der Waals surface area contributed by atoms with Crippen molar-refractivity contribution in [1.82, 2.24) is 4.57 Å². The SMILES string of the molecule is CCOC(=O)CCCc1cc(C(=O)c2ccc(NCCC(C)CCCC(C)C)cc2)c(CC)n1C. The van der Waals surface area contributed by atoms with Crippen molar-refractivity contribution in [3.8, 4) is 0 Å². The maximum absolute atomic E-state index is 13.3. The highest BCUT2D eigenvalue weighted by Gasteiger charge is 2.19. The van der Waals surface area contributed by atoms with Crippen molar-refractivity contribution in [2.45, 2.75) is 86.0 Å². The summed E-state index contributed by atoms with van der Waals surface area (Å²) in [7, 11) is 2.01. The van der Waals surface area contributed by atoms with E-state index in [1.165, 1.54) is 19.3 Å². The topological polar surface area (TPSA) is 60.3 Å². The number of rotatable bonds is 16. The molecule has 0 fully saturated rings. The second kappa shape index (κ2) is 14.8. The highest BCUT2D eigenvalue weighted by atomic mass is 16.5. The molecule has 194 valence electrons. The van der Waals surface area contributed by atoms with Crippen LogP contribution < -0.4 is 5.32 Å². The Bertz CT molecular complexity index is 928. The van der Waals surface area contributed by atoms with Gasteiger partial charge in [-0.05, 0) is 74.8 Å². The lowest BCUT2D eigenvalue weighted by Crippen LogP contribution is -2.08. The van der Waals surface area contributed by atoms with Gasteiger partial charge in [-0.15, -0.1) is 0 Å². The summed E-state index contributed by atoms with van der Waals surface area (Å²) in [6, 6.07) is 9.85. The first-order valence-corrected chi connectivity index (χ1v) is 13.5. The van der Waals surface area contributed by atoms with E-state index in [1.807, 2.05) is 44.3 Å². The van der Waals surface area contributed by atoms with Gasteiger partial charge in [0.2, 0.25) is 0 Å². The molecule has 0 aliphatic rings. The van der Waals surface area contributed by atoms with Crippen LogP contribution in [-0.2, 0) is 29.4 Å². The molecule has 35 heavy (non-hydrogen) atoms. The summed E-state index contributed by atoms with van der Waals surface area (Å²) in [5.41, 5.74) is 4.64. The number of benzene rings is 1. The third-order valence-corrected chi connectivity index (χ3v) is 6.75. The highest BCUT2D eigenvalue weighted by Crippen LogP contribution is 2.22. The molecule has 1 atom stereocenters. The molecule has 0 bridgehead atoms. The molecular weight excluding hydrogens is 436 g/mol. The van der Waals surface area contributed by atoms with E-state index < -0.39 is 0 Å². The molecule has 0 aliphatic heterocycles. The predicted octanol–water partition coefficient (Wildman–Crippen LogP) is 6.97. The predicted molar refractivity (Wildman–Crippen MR) is 145 cm³/mol. The van der Waals surface area contributed by atoms with Crippen LogP contribution >= 0.6 is 0 Å². The standard InChI is InChI=1S/C30H46N2O3/c1-7-28-27(21-26(32(28)6)13-10-14-29(33)35-8-2)30(34)24-15-17-25(18-16-24)31-20-19-23(5)12-9-11-22(3)4/h15-18,21-23,31H,7-14,19-20H2,1-6H3. The summed E-state index contributed by atoms with van der Waals surface area (Å²) in [5.74, 6) is 1.40. The number of ether oxygens (including phenoxy) is 1. The van der Waals surface area contributed by atoms with Crippen molar-refractivity contribution >= 4 is 17.4 Å². The van der Waals surface area contributed by atoms with E-state index in [0.29, 0.717) is 25.0 Å². The van der Waals surface area contributed by atoms with E-state index in [4.69, 9.17) is 4.74 Å². The van der Waals surface area contributed by atoms with Crippen LogP contribution in [0.25, 0.3) is 0 Å². The van der Waals surface area contributed by atoms with E-state index in [1.54, 1.807) is 0 Å². The Labute approximate surface area is 212 Å². The summed E-state index contributed by atoms with van der Waals surface area (Å²) >= 11 is 0. The van der Waals surface area contributed by atoms with Gasteiger partial charge in [0.15, 0.2) is 5.78 Å². The van der Waals surface area contributed by atoms with Gasteiger partial charge in [-0.3, -0.25) is 9.59 Å². The van der Waals surface area contributed by atoms with E-state index in [-0.39, 0.29) is 11.8 Å². The second-order valence-corrected chi connectivity index (χ2v) is 10.1. The molecule has 1 N–H and O–H groups in total. The van der Waals surface area contributed by atoms with Gasteiger partial charge in [-0.1, -0.05) is 47.0 Å². The zero-order valence-corrected chi connectivity index (χ0v) is 22.8. The van der Waals surface area contributed by atoms with Crippen LogP contribution in [0.15, 0.2) is 30.3 Å². The number of carbonyl (C=O) groups excluding carboxylic acids is 2. The van der Waals surface area contributed by atoms with Crippen molar-refractivity contribution in [2.75, 3.05) is 18.5 Å². The molecule has 0 saturated carbocycles. The summed E-state index contributed by atoms with van der Waals surface area (Å²) in [6.07, 6.45) is 7.69. The highest BCUT2D eigenvalue weighted by molar-refractivity contribution is 6.10. The average Bonchev–Trinajstić information content (AvgIpc) is 3.14. The van der Waals surface area contributed by atoms with Gasteiger partial charge in [-0.2, -0.15) is 0 Å². The number of hydrogen-bond acceptors (Lipinski definition) is 4. The van der Waals surface area contributed by atoms with E-state index in [0.717, 1.165) is 60.3 Å². The zero-order valence-electron chi connectivity index (χ0n) is 22.8. The normalized spacial score (nSPS) is 12.1. The first kappa shape index (κ1) is 28.7.